The van der Waals surface area contributed by atoms with Gasteiger partial charge in [0.15, 0.2) is 0 Å². The van der Waals surface area contributed by atoms with E-state index in [0.29, 0.717) is 0 Å². The highest BCUT2D eigenvalue weighted by Crippen LogP contribution is 2.19. The predicted molar refractivity (Wildman–Crippen MR) is 85.6 cm³/mol. The Labute approximate surface area is 119 Å². The van der Waals surface area contributed by atoms with E-state index < -0.39 is 0 Å². The van der Waals surface area contributed by atoms with Crippen molar-refractivity contribution in [3.8, 4) is 11.1 Å². The average Bonchev–Trinajstić information content (AvgIpc) is 2.55. The van der Waals surface area contributed by atoms with Gasteiger partial charge in [-0.15, -0.1) is 0 Å². The molecule has 0 spiro atoms. The number of hydrogen-bond donors (Lipinski definition) is 1. The van der Waals surface area contributed by atoms with Gasteiger partial charge in [0.1, 0.15) is 0 Å². The van der Waals surface area contributed by atoms with E-state index >= 15 is 0 Å². The SMILES string of the molecule is c1ccc(NCc2ccc(-c3ccccc3)cc2)cc1. The number of nitrogens with one attached hydrogen (secondary N) is 1. The summed E-state index contributed by atoms with van der Waals surface area (Å²) in [5, 5.41) is 3.42. The van der Waals surface area contributed by atoms with Crippen LogP contribution < -0.4 is 5.32 Å². The molecule has 0 aliphatic rings. The van der Waals surface area contributed by atoms with Crippen molar-refractivity contribution in [2.24, 2.45) is 0 Å². The Hall–Kier alpha value is -2.54. The lowest BCUT2D eigenvalue weighted by atomic mass is 10.0. The molecule has 20 heavy (non-hydrogen) atoms. The van der Waals surface area contributed by atoms with Crippen LogP contribution in [0.1, 0.15) is 5.56 Å². The monoisotopic (exact) mass is 259 g/mol. The summed E-state index contributed by atoms with van der Waals surface area (Å²) in [4.78, 5) is 0. The largest absolute Gasteiger partial charge is 0.381 e. The van der Waals surface area contributed by atoms with Crippen LogP contribution in [-0.2, 0) is 6.54 Å². The Morgan fingerprint density at radius 3 is 1.75 bits per heavy atom. The van der Waals surface area contributed by atoms with E-state index in [1.54, 1.807) is 0 Å². The topological polar surface area (TPSA) is 12.0 Å². The van der Waals surface area contributed by atoms with Crippen LogP contribution in [0, 0.1) is 0 Å². The van der Waals surface area contributed by atoms with Crippen LogP contribution in [0.2, 0.25) is 0 Å². The summed E-state index contributed by atoms with van der Waals surface area (Å²) >= 11 is 0. The lowest BCUT2D eigenvalue weighted by molar-refractivity contribution is 1.15. The molecule has 0 saturated carbocycles. The van der Waals surface area contributed by atoms with E-state index in [-0.39, 0.29) is 0 Å². The van der Waals surface area contributed by atoms with E-state index in [9.17, 15) is 0 Å². The minimum Gasteiger partial charge on any atom is -0.381 e. The van der Waals surface area contributed by atoms with E-state index in [1.807, 2.05) is 24.3 Å². The third-order valence-electron chi connectivity index (χ3n) is 3.33. The maximum Gasteiger partial charge on any atom is 0.0400 e. The fourth-order valence-corrected chi connectivity index (χ4v) is 2.21. The van der Waals surface area contributed by atoms with Crippen LogP contribution in [0.25, 0.3) is 11.1 Å². The summed E-state index contributed by atoms with van der Waals surface area (Å²) in [7, 11) is 0. The third kappa shape index (κ3) is 3.07. The zero-order valence-electron chi connectivity index (χ0n) is 11.3. The molecule has 1 N–H and O–H groups in total. The molecule has 0 radical (unpaired) electrons. The molecule has 0 heterocycles. The quantitative estimate of drug-likeness (QED) is 0.697. The maximum absolute atomic E-state index is 3.42. The number of anilines is 1. The van der Waals surface area contributed by atoms with Crippen LogP contribution in [0.3, 0.4) is 0 Å². The standard InChI is InChI=1S/C19H17N/c1-3-7-17(8-4-1)18-13-11-16(12-14-18)15-20-19-9-5-2-6-10-19/h1-14,20H,15H2. The fraction of sp³-hybridized carbons (Fsp3) is 0.0526. The van der Waals surface area contributed by atoms with Crippen LogP contribution in [-0.4, -0.2) is 0 Å². The molecule has 0 saturated heterocycles. The van der Waals surface area contributed by atoms with Gasteiger partial charge in [-0.1, -0.05) is 72.8 Å². The van der Waals surface area contributed by atoms with Gasteiger partial charge in [0.05, 0.1) is 0 Å². The highest BCUT2D eigenvalue weighted by Gasteiger charge is 1.97. The molecule has 0 fully saturated rings. The molecule has 0 atom stereocenters. The first-order valence-electron chi connectivity index (χ1n) is 6.85. The molecule has 1 heteroatoms. The number of hydrogen-bond acceptors (Lipinski definition) is 1. The molecular weight excluding hydrogens is 242 g/mol. The van der Waals surface area contributed by atoms with Gasteiger partial charge in [-0.05, 0) is 28.8 Å². The summed E-state index contributed by atoms with van der Waals surface area (Å²) in [6.45, 7) is 0.846. The Bertz CT molecular complexity index is 642. The molecule has 3 aromatic rings. The maximum atomic E-state index is 3.42. The number of rotatable bonds is 4. The molecular formula is C19H17N. The lowest BCUT2D eigenvalue weighted by Crippen LogP contribution is -1.98. The zero-order valence-corrected chi connectivity index (χ0v) is 11.3. The molecule has 0 unspecified atom stereocenters. The summed E-state index contributed by atoms with van der Waals surface area (Å²) in [5.74, 6) is 0. The summed E-state index contributed by atoms with van der Waals surface area (Å²) < 4.78 is 0. The first kappa shape index (κ1) is 12.5. The second-order valence-corrected chi connectivity index (χ2v) is 4.78. The summed E-state index contributed by atoms with van der Waals surface area (Å²) in [6, 6.07) is 29.4. The van der Waals surface area contributed by atoms with E-state index in [4.69, 9.17) is 0 Å². The molecule has 0 aliphatic heterocycles. The second-order valence-electron chi connectivity index (χ2n) is 4.78. The van der Waals surface area contributed by atoms with Gasteiger partial charge in [0.2, 0.25) is 0 Å². The van der Waals surface area contributed by atoms with Crippen molar-refractivity contribution in [2.75, 3.05) is 5.32 Å². The van der Waals surface area contributed by atoms with Crippen LogP contribution in [0.15, 0.2) is 84.9 Å². The van der Waals surface area contributed by atoms with Gasteiger partial charge in [0.25, 0.3) is 0 Å². The van der Waals surface area contributed by atoms with Crippen molar-refractivity contribution in [3.05, 3.63) is 90.5 Å². The Morgan fingerprint density at radius 2 is 1.10 bits per heavy atom. The van der Waals surface area contributed by atoms with E-state index in [0.717, 1.165) is 12.2 Å². The minimum atomic E-state index is 0.846. The molecule has 0 aliphatic carbocycles. The Kier molecular flexibility index (Phi) is 3.79. The normalized spacial score (nSPS) is 10.2. The Balaban J connectivity index is 1.68. The zero-order chi connectivity index (χ0) is 13.6. The summed E-state index contributed by atoms with van der Waals surface area (Å²) in [5.41, 5.74) is 4.96. The smallest absolute Gasteiger partial charge is 0.0400 e. The molecule has 0 amide bonds. The van der Waals surface area contributed by atoms with Gasteiger partial charge >= 0.3 is 0 Å². The van der Waals surface area contributed by atoms with E-state index in [2.05, 4.69) is 66.0 Å². The molecule has 3 rings (SSSR count). The fourth-order valence-electron chi connectivity index (χ4n) is 2.21. The van der Waals surface area contributed by atoms with Gasteiger partial charge in [-0.25, -0.2) is 0 Å². The third-order valence-corrected chi connectivity index (χ3v) is 3.33. The second kappa shape index (κ2) is 6.07. The van der Waals surface area contributed by atoms with Gasteiger partial charge in [-0.3, -0.25) is 0 Å². The van der Waals surface area contributed by atoms with Crippen LogP contribution >= 0.6 is 0 Å². The van der Waals surface area contributed by atoms with Gasteiger partial charge < -0.3 is 5.32 Å². The highest BCUT2D eigenvalue weighted by molar-refractivity contribution is 5.63. The molecule has 3 aromatic carbocycles. The molecule has 1 nitrogen and oxygen atoms in total. The predicted octanol–water partition coefficient (Wildman–Crippen LogP) is 4.97. The van der Waals surface area contributed by atoms with E-state index in [1.165, 1.54) is 16.7 Å². The van der Waals surface area contributed by atoms with Crippen molar-refractivity contribution < 1.29 is 0 Å². The van der Waals surface area contributed by atoms with Crippen molar-refractivity contribution in [2.45, 2.75) is 6.54 Å². The minimum absolute atomic E-state index is 0.846. The van der Waals surface area contributed by atoms with Crippen LogP contribution in [0.5, 0.6) is 0 Å². The van der Waals surface area contributed by atoms with Crippen molar-refractivity contribution in [1.82, 2.24) is 0 Å². The van der Waals surface area contributed by atoms with Crippen molar-refractivity contribution in [3.63, 3.8) is 0 Å². The van der Waals surface area contributed by atoms with Gasteiger partial charge in [0, 0.05) is 12.2 Å². The van der Waals surface area contributed by atoms with Crippen molar-refractivity contribution >= 4 is 5.69 Å². The number of benzene rings is 3. The highest BCUT2D eigenvalue weighted by atomic mass is 14.9. The average molecular weight is 259 g/mol. The molecule has 0 aromatic heterocycles. The van der Waals surface area contributed by atoms with Crippen molar-refractivity contribution in [1.29, 1.82) is 0 Å². The number of para-hydroxylation sites is 1. The first-order chi connectivity index (χ1) is 9.92. The van der Waals surface area contributed by atoms with Crippen LogP contribution in [0.4, 0.5) is 5.69 Å². The Morgan fingerprint density at radius 1 is 0.550 bits per heavy atom. The first-order valence-corrected chi connectivity index (χ1v) is 6.85. The molecule has 0 bridgehead atoms. The van der Waals surface area contributed by atoms with Gasteiger partial charge in [-0.2, -0.15) is 0 Å². The summed E-state index contributed by atoms with van der Waals surface area (Å²) in [6.07, 6.45) is 0. The lowest BCUT2D eigenvalue weighted by Gasteiger charge is -2.07. The molecule has 98 valence electrons.